The Kier molecular flexibility index (Phi) is 4.77. The zero-order valence-electron chi connectivity index (χ0n) is 8.45. The Bertz CT molecular complexity index is 296. The standard InChI is InChI=1S/C13H17N/c1-2-3-4-8-11-13(14)12-9-6-5-7-10-12/h3,5-7,9-10,13H,1,4,8,11,14H2. The molecule has 0 amide bonds. The molecule has 0 aliphatic heterocycles. The second kappa shape index (κ2) is 6.20. The van der Waals surface area contributed by atoms with Crippen LogP contribution in [-0.4, -0.2) is 0 Å². The smallest absolute Gasteiger partial charge is 0.0294 e. The van der Waals surface area contributed by atoms with Crippen LogP contribution in [0.4, 0.5) is 0 Å². The minimum absolute atomic E-state index is 0.161. The number of hydrogen-bond acceptors (Lipinski definition) is 1. The Morgan fingerprint density at radius 2 is 2.07 bits per heavy atom. The largest absolute Gasteiger partial charge is 0.324 e. The van der Waals surface area contributed by atoms with Crippen LogP contribution in [0.15, 0.2) is 48.7 Å². The highest BCUT2D eigenvalue weighted by Gasteiger charge is 2.03. The molecule has 74 valence electrons. The van der Waals surface area contributed by atoms with Crippen molar-refractivity contribution in [1.82, 2.24) is 0 Å². The van der Waals surface area contributed by atoms with Crippen molar-refractivity contribution < 1.29 is 0 Å². The van der Waals surface area contributed by atoms with Crippen molar-refractivity contribution in [2.45, 2.75) is 25.3 Å². The monoisotopic (exact) mass is 187 g/mol. The zero-order chi connectivity index (χ0) is 10.2. The van der Waals surface area contributed by atoms with Crippen LogP contribution in [0.3, 0.4) is 0 Å². The predicted molar refractivity (Wildman–Crippen MR) is 60.9 cm³/mol. The molecule has 1 nitrogen and oxygen atoms in total. The molecular weight excluding hydrogens is 170 g/mol. The van der Waals surface area contributed by atoms with E-state index in [1.165, 1.54) is 5.56 Å². The van der Waals surface area contributed by atoms with E-state index in [-0.39, 0.29) is 6.04 Å². The lowest BCUT2D eigenvalue weighted by molar-refractivity contribution is 0.617. The van der Waals surface area contributed by atoms with E-state index in [2.05, 4.69) is 24.4 Å². The molecule has 1 aromatic rings. The molecule has 0 heterocycles. The SMILES string of the molecule is C=C=CCCCC(N)c1ccccc1. The second-order valence-corrected chi connectivity index (χ2v) is 3.36. The quantitative estimate of drug-likeness (QED) is 0.556. The summed E-state index contributed by atoms with van der Waals surface area (Å²) in [5.41, 5.74) is 10.0. The van der Waals surface area contributed by atoms with E-state index in [1.807, 2.05) is 24.3 Å². The molecule has 1 atom stereocenters. The Labute approximate surface area is 85.9 Å². The van der Waals surface area contributed by atoms with Gasteiger partial charge in [-0.05, 0) is 30.9 Å². The summed E-state index contributed by atoms with van der Waals surface area (Å²) >= 11 is 0. The van der Waals surface area contributed by atoms with Crippen molar-refractivity contribution in [3.63, 3.8) is 0 Å². The molecule has 14 heavy (non-hydrogen) atoms. The molecule has 0 saturated heterocycles. The van der Waals surface area contributed by atoms with E-state index in [0.29, 0.717) is 0 Å². The van der Waals surface area contributed by atoms with Gasteiger partial charge < -0.3 is 5.73 Å². The van der Waals surface area contributed by atoms with Crippen LogP contribution >= 0.6 is 0 Å². The van der Waals surface area contributed by atoms with Gasteiger partial charge in [-0.2, -0.15) is 0 Å². The molecule has 0 bridgehead atoms. The molecule has 0 aromatic heterocycles. The maximum atomic E-state index is 6.03. The van der Waals surface area contributed by atoms with Crippen LogP contribution in [-0.2, 0) is 0 Å². The molecule has 0 aliphatic carbocycles. The van der Waals surface area contributed by atoms with Gasteiger partial charge >= 0.3 is 0 Å². The number of allylic oxidation sites excluding steroid dienone is 1. The first-order valence-corrected chi connectivity index (χ1v) is 4.99. The molecule has 1 rings (SSSR count). The van der Waals surface area contributed by atoms with Crippen LogP contribution in [0.1, 0.15) is 30.9 Å². The van der Waals surface area contributed by atoms with Gasteiger partial charge in [-0.15, -0.1) is 5.73 Å². The van der Waals surface area contributed by atoms with Crippen LogP contribution in [0.2, 0.25) is 0 Å². The molecule has 1 aromatic carbocycles. The van der Waals surface area contributed by atoms with E-state index >= 15 is 0 Å². The van der Waals surface area contributed by atoms with Crippen molar-refractivity contribution in [1.29, 1.82) is 0 Å². The van der Waals surface area contributed by atoms with Crippen molar-refractivity contribution in [2.75, 3.05) is 0 Å². The molecule has 0 fully saturated rings. The van der Waals surface area contributed by atoms with E-state index in [9.17, 15) is 0 Å². The fourth-order valence-corrected chi connectivity index (χ4v) is 1.41. The highest BCUT2D eigenvalue weighted by Crippen LogP contribution is 2.15. The van der Waals surface area contributed by atoms with E-state index in [0.717, 1.165) is 19.3 Å². The van der Waals surface area contributed by atoms with E-state index in [4.69, 9.17) is 5.73 Å². The first kappa shape index (κ1) is 10.8. The molecule has 2 N–H and O–H groups in total. The average Bonchev–Trinajstić information content (AvgIpc) is 2.25. The summed E-state index contributed by atoms with van der Waals surface area (Å²) in [5.74, 6) is 0. The third-order valence-corrected chi connectivity index (χ3v) is 2.24. The van der Waals surface area contributed by atoms with Crippen LogP contribution < -0.4 is 5.73 Å². The first-order valence-electron chi connectivity index (χ1n) is 4.99. The van der Waals surface area contributed by atoms with Gasteiger partial charge in [0.1, 0.15) is 0 Å². The van der Waals surface area contributed by atoms with Gasteiger partial charge in [-0.1, -0.05) is 36.9 Å². The Morgan fingerprint density at radius 1 is 1.36 bits per heavy atom. The molecule has 0 spiro atoms. The zero-order valence-corrected chi connectivity index (χ0v) is 8.45. The van der Waals surface area contributed by atoms with Crippen molar-refractivity contribution in [3.8, 4) is 0 Å². The summed E-state index contributed by atoms with van der Waals surface area (Å²) in [4.78, 5) is 0. The summed E-state index contributed by atoms with van der Waals surface area (Å²) in [6.45, 7) is 3.52. The van der Waals surface area contributed by atoms with E-state index in [1.54, 1.807) is 0 Å². The van der Waals surface area contributed by atoms with Gasteiger partial charge in [-0.25, -0.2) is 0 Å². The lowest BCUT2D eigenvalue weighted by Crippen LogP contribution is -2.09. The fourth-order valence-electron chi connectivity index (χ4n) is 1.41. The molecular formula is C13H17N. The molecule has 1 unspecified atom stereocenters. The Balaban J connectivity index is 2.35. The van der Waals surface area contributed by atoms with Gasteiger partial charge in [0.25, 0.3) is 0 Å². The number of rotatable bonds is 5. The molecule has 0 radical (unpaired) electrons. The van der Waals surface area contributed by atoms with Gasteiger partial charge in [0.15, 0.2) is 0 Å². The Hall–Kier alpha value is -1.30. The summed E-state index contributed by atoms with van der Waals surface area (Å²) in [7, 11) is 0. The molecule has 1 heteroatoms. The fraction of sp³-hybridized carbons (Fsp3) is 0.308. The van der Waals surface area contributed by atoms with Crippen molar-refractivity contribution >= 4 is 0 Å². The van der Waals surface area contributed by atoms with Gasteiger partial charge in [0.2, 0.25) is 0 Å². The first-order chi connectivity index (χ1) is 6.84. The third-order valence-electron chi connectivity index (χ3n) is 2.24. The number of benzene rings is 1. The van der Waals surface area contributed by atoms with Gasteiger partial charge in [0.05, 0.1) is 0 Å². The maximum Gasteiger partial charge on any atom is 0.0294 e. The Morgan fingerprint density at radius 3 is 2.71 bits per heavy atom. The topological polar surface area (TPSA) is 26.0 Å². The normalized spacial score (nSPS) is 11.8. The van der Waals surface area contributed by atoms with Gasteiger partial charge in [0, 0.05) is 6.04 Å². The van der Waals surface area contributed by atoms with Crippen LogP contribution in [0.5, 0.6) is 0 Å². The van der Waals surface area contributed by atoms with Crippen molar-refractivity contribution in [2.24, 2.45) is 5.73 Å². The highest BCUT2D eigenvalue weighted by atomic mass is 14.6. The molecule has 0 aliphatic rings. The summed E-state index contributed by atoms with van der Waals surface area (Å²) in [5, 5.41) is 0. The van der Waals surface area contributed by atoms with Crippen LogP contribution in [0.25, 0.3) is 0 Å². The van der Waals surface area contributed by atoms with E-state index < -0.39 is 0 Å². The second-order valence-electron chi connectivity index (χ2n) is 3.36. The lowest BCUT2D eigenvalue weighted by Gasteiger charge is -2.10. The average molecular weight is 187 g/mol. The number of unbranched alkanes of at least 4 members (excludes halogenated alkanes) is 1. The number of hydrogen-bond donors (Lipinski definition) is 1. The predicted octanol–water partition coefficient (Wildman–Crippen LogP) is 3.20. The van der Waals surface area contributed by atoms with Crippen LogP contribution in [0, 0.1) is 0 Å². The summed E-state index contributed by atoms with van der Waals surface area (Å²) < 4.78 is 0. The molecule has 0 saturated carbocycles. The summed E-state index contributed by atoms with van der Waals surface area (Å²) in [6.07, 6.45) is 5.09. The third kappa shape index (κ3) is 3.61. The lowest BCUT2D eigenvalue weighted by atomic mass is 10.0. The number of nitrogens with two attached hydrogens (primary N) is 1. The minimum atomic E-state index is 0.161. The van der Waals surface area contributed by atoms with Gasteiger partial charge in [-0.3, -0.25) is 0 Å². The highest BCUT2D eigenvalue weighted by molar-refractivity contribution is 5.18. The minimum Gasteiger partial charge on any atom is -0.324 e. The summed E-state index contributed by atoms with van der Waals surface area (Å²) in [6, 6.07) is 10.4. The maximum absolute atomic E-state index is 6.03. The van der Waals surface area contributed by atoms with Crippen molar-refractivity contribution in [3.05, 3.63) is 54.3 Å².